The lowest BCUT2D eigenvalue weighted by Crippen LogP contribution is -2.44. The smallest absolute Gasteiger partial charge is 0.223 e. The molecular weight excluding hydrogens is 196 g/mol. The zero-order chi connectivity index (χ0) is 11.5. The first-order chi connectivity index (χ1) is 6.93. The lowest BCUT2D eigenvalue weighted by atomic mass is 9.88. The fourth-order valence-corrected chi connectivity index (χ4v) is 1.39. The molecule has 1 saturated heterocycles. The van der Waals surface area contributed by atoms with E-state index in [4.69, 9.17) is 10.5 Å². The summed E-state index contributed by atoms with van der Waals surface area (Å²) in [4.78, 5) is 24.6. The topological polar surface area (TPSA) is 72.6 Å². The molecule has 1 fully saturated rings. The predicted octanol–water partition coefficient (Wildman–Crippen LogP) is -0.253. The van der Waals surface area contributed by atoms with Crippen LogP contribution in [-0.2, 0) is 14.3 Å². The standard InChI is InChI=1S/C10H18N2O3/c1-10(2,9(11)14)7-8(13)12-3-5-15-6-4-12/h3-7H2,1-2H3,(H2,11,14). The average molecular weight is 214 g/mol. The Balaban J connectivity index is 2.50. The first-order valence-corrected chi connectivity index (χ1v) is 5.09. The molecule has 0 radical (unpaired) electrons. The minimum Gasteiger partial charge on any atom is -0.378 e. The third-order valence-corrected chi connectivity index (χ3v) is 2.62. The van der Waals surface area contributed by atoms with Crippen LogP contribution in [0.3, 0.4) is 0 Å². The Morgan fingerprint density at radius 2 is 1.87 bits per heavy atom. The molecule has 15 heavy (non-hydrogen) atoms. The van der Waals surface area contributed by atoms with Gasteiger partial charge >= 0.3 is 0 Å². The quantitative estimate of drug-likeness (QED) is 0.704. The number of carbonyl (C=O) groups is 2. The van der Waals surface area contributed by atoms with E-state index in [0.717, 1.165) is 0 Å². The number of ether oxygens (including phenoxy) is 1. The van der Waals surface area contributed by atoms with Crippen LogP contribution in [0.2, 0.25) is 0 Å². The monoisotopic (exact) mass is 214 g/mol. The van der Waals surface area contributed by atoms with Gasteiger partial charge in [-0.15, -0.1) is 0 Å². The molecular formula is C10H18N2O3. The number of nitrogens with two attached hydrogens (primary N) is 1. The second-order valence-electron chi connectivity index (χ2n) is 4.42. The second-order valence-corrected chi connectivity index (χ2v) is 4.42. The van der Waals surface area contributed by atoms with E-state index in [2.05, 4.69) is 0 Å². The van der Waals surface area contributed by atoms with Crippen LogP contribution in [0.15, 0.2) is 0 Å². The molecule has 0 bridgehead atoms. The molecule has 5 nitrogen and oxygen atoms in total. The Bertz CT molecular complexity index is 257. The molecule has 1 heterocycles. The molecule has 0 aromatic heterocycles. The highest BCUT2D eigenvalue weighted by molar-refractivity contribution is 5.87. The van der Waals surface area contributed by atoms with Crippen molar-refractivity contribution in [2.45, 2.75) is 20.3 Å². The van der Waals surface area contributed by atoms with Gasteiger partial charge in [0.1, 0.15) is 0 Å². The Labute approximate surface area is 89.6 Å². The first kappa shape index (κ1) is 12.0. The maximum atomic E-state index is 11.8. The van der Waals surface area contributed by atoms with Gasteiger partial charge in [0.05, 0.1) is 18.6 Å². The van der Waals surface area contributed by atoms with E-state index in [0.29, 0.717) is 26.3 Å². The van der Waals surface area contributed by atoms with Gasteiger partial charge in [-0.25, -0.2) is 0 Å². The average Bonchev–Trinajstić information content (AvgIpc) is 2.18. The fraction of sp³-hybridized carbons (Fsp3) is 0.800. The van der Waals surface area contributed by atoms with Gasteiger partial charge < -0.3 is 15.4 Å². The molecule has 2 amide bonds. The summed E-state index contributed by atoms with van der Waals surface area (Å²) in [5.74, 6) is -0.466. The number of morpholine rings is 1. The Kier molecular flexibility index (Phi) is 3.68. The Hall–Kier alpha value is -1.10. The van der Waals surface area contributed by atoms with Gasteiger partial charge in [0.25, 0.3) is 0 Å². The van der Waals surface area contributed by atoms with Crippen LogP contribution < -0.4 is 5.73 Å². The molecule has 1 rings (SSSR count). The number of hydrogen-bond acceptors (Lipinski definition) is 3. The van der Waals surface area contributed by atoms with Gasteiger partial charge in [-0.1, -0.05) is 13.8 Å². The first-order valence-electron chi connectivity index (χ1n) is 5.09. The summed E-state index contributed by atoms with van der Waals surface area (Å²) in [7, 11) is 0. The summed E-state index contributed by atoms with van der Waals surface area (Å²) < 4.78 is 5.14. The minimum absolute atomic E-state index is 0.0258. The number of carbonyl (C=O) groups excluding carboxylic acids is 2. The van der Waals surface area contributed by atoms with E-state index in [1.54, 1.807) is 18.7 Å². The molecule has 0 unspecified atom stereocenters. The fourth-order valence-electron chi connectivity index (χ4n) is 1.39. The van der Waals surface area contributed by atoms with Crippen LogP contribution in [0.1, 0.15) is 20.3 Å². The molecule has 0 aromatic carbocycles. The van der Waals surface area contributed by atoms with Crippen LogP contribution in [0, 0.1) is 5.41 Å². The number of hydrogen-bond donors (Lipinski definition) is 1. The van der Waals surface area contributed by atoms with Gasteiger partial charge in [-0.05, 0) is 0 Å². The van der Waals surface area contributed by atoms with Crippen molar-refractivity contribution in [1.82, 2.24) is 4.90 Å². The molecule has 0 spiro atoms. The third kappa shape index (κ3) is 3.20. The van der Waals surface area contributed by atoms with Crippen LogP contribution in [0.5, 0.6) is 0 Å². The van der Waals surface area contributed by atoms with Crippen molar-refractivity contribution < 1.29 is 14.3 Å². The zero-order valence-corrected chi connectivity index (χ0v) is 9.28. The van der Waals surface area contributed by atoms with E-state index < -0.39 is 11.3 Å². The summed E-state index contributed by atoms with van der Waals surface area (Å²) in [6, 6.07) is 0. The second kappa shape index (κ2) is 4.61. The highest BCUT2D eigenvalue weighted by Crippen LogP contribution is 2.21. The maximum Gasteiger partial charge on any atom is 0.223 e. The zero-order valence-electron chi connectivity index (χ0n) is 9.28. The summed E-state index contributed by atoms with van der Waals surface area (Å²) in [6.07, 6.45) is 0.169. The van der Waals surface area contributed by atoms with Gasteiger partial charge in [0.2, 0.25) is 11.8 Å². The summed E-state index contributed by atoms with van der Waals surface area (Å²) >= 11 is 0. The van der Waals surface area contributed by atoms with Gasteiger partial charge in [-0.3, -0.25) is 9.59 Å². The molecule has 0 aliphatic carbocycles. The van der Waals surface area contributed by atoms with Crippen LogP contribution in [-0.4, -0.2) is 43.0 Å². The van der Waals surface area contributed by atoms with E-state index >= 15 is 0 Å². The van der Waals surface area contributed by atoms with E-state index in [1.165, 1.54) is 0 Å². The van der Waals surface area contributed by atoms with E-state index in [-0.39, 0.29) is 12.3 Å². The van der Waals surface area contributed by atoms with Crippen LogP contribution in [0.25, 0.3) is 0 Å². The van der Waals surface area contributed by atoms with Crippen molar-refractivity contribution in [1.29, 1.82) is 0 Å². The van der Waals surface area contributed by atoms with Crippen LogP contribution >= 0.6 is 0 Å². The summed E-state index contributed by atoms with van der Waals surface area (Å²) in [5, 5.41) is 0. The minimum atomic E-state index is -0.768. The van der Waals surface area contributed by atoms with Crippen molar-refractivity contribution in [3.8, 4) is 0 Å². The number of nitrogens with zero attached hydrogens (tertiary/aromatic N) is 1. The molecule has 2 N–H and O–H groups in total. The van der Waals surface area contributed by atoms with Gasteiger partial charge in [-0.2, -0.15) is 0 Å². The molecule has 0 aromatic rings. The Morgan fingerprint density at radius 1 is 1.33 bits per heavy atom. The lowest BCUT2D eigenvalue weighted by molar-refractivity contribution is -0.141. The molecule has 86 valence electrons. The van der Waals surface area contributed by atoms with Crippen molar-refractivity contribution in [2.24, 2.45) is 11.1 Å². The number of primary amides is 1. The summed E-state index contributed by atoms with van der Waals surface area (Å²) in [5.41, 5.74) is 4.45. The van der Waals surface area contributed by atoms with Crippen molar-refractivity contribution in [2.75, 3.05) is 26.3 Å². The van der Waals surface area contributed by atoms with Crippen LogP contribution in [0.4, 0.5) is 0 Å². The largest absolute Gasteiger partial charge is 0.378 e. The van der Waals surface area contributed by atoms with Crippen molar-refractivity contribution >= 4 is 11.8 Å². The van der Waals surface area contributed by atoms with E-state index in [1.807, 2.05) is 0 Å². The third-order valence-electron chi connectivity index (χ3n) is 2.62. The highest BCUT2D eigenvalue weighted by atomic mass is 16.5. The van der Waals surface area contributed by atoms with Gasteiger partial charge in [0.15, 0.2) is 0 Å². The molecule has 0 atom stereocenters. The van der Waals surface area contributed by atoms with E-state index in [9.17, 15) is 9.59 Å². The molecule has 0 saturated carbocycles. The maximum absolute atomic E-state index is 11.8. The predicted molar refractivity (Wildman–Crippen MR) is 55.0 cm³/mol. The lowest BCUT2D eigenvalue weighted by Gasteiger charge is -2.29. The number of rotatable bonds is 3. The van der Waals surface area contributed by atoms with Gasteiger partial charge in [0, 0.05) is 19.5 Å². The molecule has 1 aliphatic heterocycles. The highest BCUT2D eigenvalue weighted by Gasteiger charge is 2.30. The van der Waals surface area contributed by atoms with Crippen molar-refractivity contribution in [3.63, 3.8) is 0 Å². The molecule has 5 heteroatoms. The Morgan fingerprint density at radius 3 is 2.33 bits per heavy atom. The van der Waals surface area contributed by atoms with Crippen molar-refractivity contribution in [3.05, 3.63) is 0 Å². The number of amides is 2. The SMILES string of the molecule is CC(C)(CC(=O)N1CCOCC1)C(N)=O. The molecule has 1 aliphatic rings. The normalized spacial score (nSPS) is 17.6. The summed E-state index contributed by atoms with van der Waals surface area (Å²) in [6.45, 7) is 5.73.